The van der Waals surface area contributed by atoms with Crippen molar-refractivity contribution >= 4 is 80.0 Å². The van der Waals surface area contributed by atoms with Gasteiger partial charge < -0.3 is 10.5 Å². The molecule has 166 valence electrons. The van der Waals surface area contributed by atoms with E-state index in [0.717, 1.165) is 18.3 Å². The molecule has 0 saturated heterocycles. The highest BCUT2D eigenvalue weighted by Gasteiger charge is 2.37. The molecule has 3 aromatic rings. The smallest absolute Gasteiger partial charge is 0.338 e. The number of nitrogens with two attached hydrogens (primary N) is 1. The predicted octanol–water partition coefficient (Wildman–Crippen LogP) is 3.11. The summed E-state index contributed by atoms with van der Waals surface area (Å²) in [7, 11) is 0. The molecule has 1 aromatic heterocycles. The molecule has 0 fully saturated rings. The van der Waals surface area contributed by atoms with E-state index < -0.39 is 11.9 Å². The number of thiazole rings is 1. The minimum absolute atomic E-state index is 0.0360. The van der Waals surface area contributed by atoms with Gasteiger partial charge in [0.1, 0.15) is 10.5 Å². The highest BCUT2D eigenvalue weighted by Crippen LogP contribution is 2.38. The summed E-state index contributed by atoms with van der Waals surface area (Å²) in [6.45, 7) is 1.88. The lowest BCUT2D eigenvalue weighted by Crippen LogP contribution is -2.40. The molecule has 0 spiro atoms. The van der Waals surface area contributed by atoms with Crippen LogP contribution in [0.1, 0.15) is 24.0 Å². The molecule has 0 saturated carbocycles. The second-order valence-electron chi connectivity index (χ2n) is 7.08. The molecule has 1 atom stereocenters. The van der Waals surface area contributed by atoms with Crippen LogP contribution < -0.4 is 20.5 Å². The van der Waals surface area contributed by atoms with E-state index in [1.54, 1.807) is 13.0 Å². The van der Waals surface area contributed by atoms with Crippen molar-refractivity contribution in [2.75, 3.05) is 6.61 Å². The van der Waals surface area contributed by atoms with Crippen molar-refractivity contribution in [3.63, 3.8) is 0 Å². The van der Waals surface area contributed by atoms with E-state index in [1.807, 2.05) is 48.5 Å². The molecule has 2 heterocycles. The summed E-state index contributed by atoms with van der Waals surface area (Å²) in [6, 6.07) is 17.3. The SMILES string of the molecule is CCOC(=O)C1=c2s/c(=C/c3ccccc3I)c(=O)n2C(N)=C(C#N)[C@H]1c1ccccc1I. The Morgan fingerprint density at radius 3 is 2.52 bits per heavy atom. The number of rotatable bonds is 4. The maximum Gasteiger partial charge on any atom is 0.338 e. The summed E-state index contributed by atoms with van der Waals surface area (Å²) in [5, 5.41) is 10.0. The lowest BCUT2D eigenvalue weighted by Gasteiger charge is -2.25. The van der Waals surface area contributed by atoms with E-state index in [1.165, 1.54) is 15.9 Å². The van der Waals surface area contributed by atoms with Crippen LogP contribution in [0.25, 0.3) is 17.5 Å². The van der Waals surface area contributed by atoms with Gasteiger partial charge in [-0.2, -0.15) is 5.26 Å². The van der Waals surface area contributed by atoms with Crippen LogP contribution in [0.15, 0.2) is 58.9 Å². The van der Waals surface area contributed by atoms with Gasteiger partial charge in [-0.1, -0.05) is 36.4 Å². The minimum Gasteiger partial charge on any atom is -0.463 e. The van der Waals surface area contributed by atoms with Crippen LogP contribution in [-0.2, 0) is 9.53 Å². The first kappa shape index (κ1) is 23.7. The summed E-state index contributed by atoms with van der Waals surface area (Å²) >= 11 is 5.55. The minimum atomic E-state index is -0.732. The van der Waals surface area contributed by atoms with Crippen LogP contribution in [-0.4, -0.2) is 17.1 Å². The fraction of sp³-hybridized carbons (Fsp3) is 0.125. The van der Waals surface area contributed by atoms with Crippen LogP contribution in [0, 0.1) is 18.5 Å². The molecule has 1 aliphatic heterocycles. The Balaban J connectivity index is 2.14. The number of carbonyl (C=O) groups excluding carboxylic acids is 1. The quantitative estimate of drug-likeness (QED) is 0.338. The number of allylic oxidation sites excluding steroid dienone is 1. The Morgan fingerprint density at radius 1 is 1.21 bits per heavy atom. The number of halogens is 2. The highest BCUT2D eigenvalue weighted by molar-refractivity contribution is 14.1. The normalized spacial score (nSPS) is 15.9. The number of ether oxygens (including phenoxy) is 1. The van der Waals surface area contributed by atoms with Gasteiger partial charge in [-0.3, -0.25) is 9.36 Å². The molecule has 0 bridgehead atoms. The number of fused-ring (bicyclic) bond motifs is 1. The zero-order valence-corrected chi connectivity index (χ0v) is 22.5. The number of carbonyl (C=O) groups is 1. The van der Waals surface area contributed by atoms with Crippen molar-refractivity contribution in [2.24, 2.45) is 5.73 Å². The number of nitrogens with zero attached hydrogens (tertiary/aromatic N) is 2. The van der Waals surface area contributed by atoms with Gasteiger partial charge in [0, 0.05) is 7.14 Å². The lowest BCUT2D eigenvalue weighted by atomic mass is 9.84. The zero-order valence-electron chi connectivity index (χ0n) is 17.3. The number of aromatic nitrogens is 1. The maximum absolute atomic E-state index is 13.4. The van der Waals surface area contributed by atoms with Crippen molar-refractivity contribution in [3.8, 4) is 6.07 Å². The van der Waals surface area contributed by atoms with Crippen LogP contribution >= 0.6 is 56.5 Å². The summed E-state index contributed by atoms with van der Waals surface area (Å²) in [6.07, 6.45) is 1.78. The molecule has 0 unspecified atom stereocenters. The average Bonchev–Trinajstić information content (AvgIpc) is 3.11. The third-order valence-corrected chi connectivity index (χ3v) is 8.25. The molecule has 2 aromatic carbocycles. The zero-order chi connectivity index (χ0) is 23.7. The summed E-state index contributed by atoms with van der Waals surface area (Å²) < 4.78 is 9.30. The molecule has 0 amide bonds. The van der Waals surface area contributed by atoms with E-state index >= 15 is 0 Å². The molecule has 0 radical (unpaired) electrons. The van der Waals surface area contributed by atoms with Crippen LogP contribution in [0.2, 0.25) is 0 Å². The molecule has 9 heteroatoms. The van der Waals surface area contributed by atoms with E-state index in [2.05, 4.69) is 51.3 Å². The third-order valence-electron chi connectivity index (χ3n) is 5.17. The van der Waals surface area contributed by atoms with Crippen molar-refractivity contribution in [1.82, 2.24) is 4.57 Å². The molecular formula is C24H17I2N3O3S. The molecule has 4 rings (SSSR count). The lowest BCUT2D eigenvalue weighted by molar-refractivity contribution is -0.136. The Hall–Kier alpha value is -2.43. The van der Waals surface area contributed by atoms with E-state index in [9.17, 15) is 14.9 Å². The fourth-order valence-corrected chi connectivity index (χ4v) is 6.11. The molecule has 1 aliphatic rings. The van der Waals surface area contributed by atoms with E-state index in [0.29, 0.717) is 9.20 Å². The van der Waals surface area contributed by atoms with Gasteiger partial charge in [-0.25, -0.2) is 4.79 Å². The molecule has 0 aliphatic carbocycles. The van der Waals surface area contributed by atoms with Crippen molar-refractivity contribution in [1.29, 1.82) is 5.26 Å². The van der Waals surface area contributed by atoms with Crippen LogP contribution in [0.3, 0.4) is 0 Å². The van der Waals surface area contributed by atoms with Gasteiger partial charge in [0.25, 0.3) is 5.56 Å². The van der Waals surface area contributed by atoms with Crippen molar-refractivity contribution in [2.45, 2.75) is 12.8 Å². The van der Waals surface area contributed by atoms with Gasteiger partial charge in [0.2, 0.25) is 0 Å². The Bertz CT molecular complexity index is 1530. The predicted molar refractivity (Wildman–Crippen MR) is 146 cm³/mol. The second-order valence-corrected chi connectivity index (χ2v) is 10.4. The number of benzene rings is 2. The summed E-state index contributed by atoms with van der Waals surface area (Å²) in [4.78, 5) is 26.6. The first-order valence-corrected chi connectivity index (χ1v) is 12.9. The Labute approximate surface area is 221 Å². The fourth-order valence-electron chi connectivity index (χ4n) is 3.71. The van der Waals surface area contributed by atoms with Crippen molar-refractivity contribution < 1.29 is 9.53 Å². The van der Waals surface area contributed by atoms with Crippen LogP contribution in [0.5, 0.6) is 0 Å². The number of nitriles is 1. The molecular weight excluding hydrogens is 664 g/mol. The van der Waals surface area contributed by atoms with Crippen molar-refractivity contribution in [3.05, 3.63) is 91.9 Å². The molecule has 33 heavy (non-hydrogen) atoms. The first-order chi connectivity index (χ1) is 15.9. The number of hydrogen-bond donors (Lipinski definition) is 1. The second kappa shape index (κ2) is 9.82. The number of esters is 1. The molecule has 2 N–H and O–H groups in total. The monoisotopic (exact) mass is 681 g/mol. The average molecular weight is 681 g/mol. The molecule has 6 nitrogen and oxygen atoms in total. The van der Waals surface area contributed by atoms with Gasteiger partial charge in [-0.15, -0.1) is 11.3 Å². The summed E-state index contributed by atoms with van der Waals surface area (Å²) in [5.74, 6) is -1.27. The summed E-state index contributed by atoms with van der Waals surface area (Å²) in [5.41, 5.74) is 8.06. The topological polar surface area (TPSA) is 98.1 Å². The van der Waals surface area contributed by atoms with Crippen LogP contribution in [0.4, 0.5) is 0 Å². The van der Waals surface area contributed by atoms with Gasteiger partial charge in [0.15, 0.2) is 0 Å². The number of hydrogen-bond acceptors (Lipinski definition) is 6. The highest BCUT2D eigenvalue weighted by atomic mass is 127. The van der Waals surface area contributed by atoms with E-state index in [-0.39, 0.29) is 29.1 Å². The maximum atomic E-state index is 13.4. The largest absolute Gasteiger partial charge is 0.463 e. The Morgan fingerprint density at radius 2 is 1.88 bits per heavy atom. The Kier molecular flexibility index (Phi) is 7.06. The standard InChI is InChI=1S/C24H17I2N3O3S/c1-2-32-24(31)20-19(14-8-4-6-10-17(14)26)15(12-27)21(28)29-22(30)18(33-23(20)29)11-13-7-3-5-9-16(13)25/h3-11,19H,2,28H2,1H3/b18-11+/t19-/m1/s1. The van der Waals surface area contributed by atoms with Gasteiger partial charge in [0.05, 0.1) is 34.3 Å². The van der Waals surface area contributed by atoms with Gasteiger partial charge >= 0.3 is 5.97 Å². The first-order valence-electron chi connectivity index (χ1n) is 9.93. The third kappa shape index (κ3) is 4.27. The van der Waals surface area contributed by atoms with Gasteiger partial charge in [-0.05, 0) is 81.4 Å². The van der Waals surface area contributed by atoms with E-state index in [4.69, 9.17) is 10.5 Å².